The molecule has 1 aromatic heterocycles. The summed E-state index contributed by atoms with van der Waals surface area (Å²) in [5.74, 6) is 0.598. The Balaban J connectivity index is 2.03. The first kappa shape index (κ1) is 10.2. The van der Waals surface area contributed by atoms with E-state index < -0.39 is 0 Å². The molecule has 1 aliphatic rings. The second kappa shape index (κ2) is 4.45. The average Bonchev–Trinajstić information content (AvgIpc) is 2.22. The zero-order valence-corrected chi connectivity index (χ0v) is 8.82. The minimum Gasteiger partial charge on any atom is -0.384 e. The van der Waals surface area contributed by atoms with E-state index in [0.717, 1.165) is 25.7 Å². The van der Waals surface area contributed by atoms with Crippen molar-refractivity contribution in [2.24, 2.45) is 5.73 Å². The molecule has 0 amide bonds. The molecule has 80 valence electrons. The van der Waals surface area contributed by atoms with Gasteiger partial charge < -0.3 is 11.5 Å². The molecule has 0 fully saturated rings. The van der Waals surface area contributed by atoms with Gasteiger partial charge in [0.2, 0.25) is 0 Å². The lowest BCUT2D eigenvalue weighted by Gasteiger charge is -2.18. The van der Waals surface area contributed by atoms with Gasteiger partial charge in [0.05, 0.1) is 0 Å². The summed E-state index contributed by atoms with van der Waals surface area (Å²) in [6.45, 7) is 0. The molecule has 1 heterocycles. The molecule has 4 N–H and O–H groups in total. The summed E-state index contributed by atoms with van der Waals surface area (Å²) in [7, 11) is 0. The molecule has 15 heavy (non-hydrogen) atoms. The third-order valence-corrected chi connectivity index (χ3v) is 2.82. The Morgan fingerprint density at radius 3 is 3.00 bits per heavy atom. The minimum atomic E-state index is 0.358. The molecule has 0 bridgehead atoms. The summed E-state index contributed by atoms with van der Waals surface area (Å²) in [6.07, 6.45) is 8.25. The van der Waals surface area contributed by atoms with Crippen molar-refractivity contribution in [1.29, 1.82) is 0 Å². The molecule has 3 nitrogen and oxygen atoms in total. The normalized spacial score (nSPS) is 21.1. The van der Waals surface area contributed by atoms with Gasteiger partial charge in [-0.15, -0.1) is 0 Å². The van der Waals surface area contributed by atoms with Crippen molar-refractivity contribution >= 4 is 5.82 Å². The number of pyridine rings is 1. The average molecular weight is 203 g/mol. The van der Waals surface area contributed by atoms with Gasteiger partial charge in [-0.2, -0.15) is 0 Å². The van der Waals surface area contributed by atoms with Crippen LogP contribution in [0.15, 0.2) is 30.0 Å². The van der Waals surface area contributed by atoms with Crippen molar-refractivity contribution in [2.45, 2.75) is 31.7 Å². The number of hydrogen-bond acceptors (Lipinski definition) is 3. The Bertz CT molecular complexity index is 371. The smallest absolute Gasteiger partial charge is 0.123 e. The highest BCUT2D eigenvalue weighted by Crippen LogP contribution is 2.20. The molecule has 0 saturated carbocycles. The van der Waals surface area contributed by atoms with Crippen LogP contribution in [0, 0.1) is 0 Å². The highest BCUT2D eigenvalue weighted by atomic mass is 14.8. The number of anilines is 1. The third-order valence-electron chi connectivity index (χ3n) is 2.82. The number of nitrogens with two attached hydrogens (primary N) is 2. The number of aromatic nitrogens is 1. The quantitative estimate of drug-likeness (QED) is 0.718. The van der Waals surface area contributed by atoms with Crippen LogP contribution in [-0.2, 0) is 6.42 Å². The summed E-state index contributed by atoms with van der Waals surface area (Å²) in [6, 6.07) is 4.32. The second-order valence-corrected chi connectivity index (χ2v) is 4.16. The first-order chi connectivity index (χ1) is 7.24. The lowest BCUT2D eigenvalue weighted by molar-refractivity contribution is 0.583. The molecule has 0 spiro atoms. The molecule has 0 saturated heterocycles. The molecule has 1 unspecified atom stereocenters. The van der Waals surface area contributed by atoms with E-state index in [-0.39, 0.29) is 0 Å². The zero-order chi connectivity index (χ0) is 10.7. The van der Waals surface area contributed by atoms with Crippen molar-refractivity contribution in [3.63, 3.8) is 0 Å². The standard InChI is InChI=1S/C12H17N3/c13-11-3-1-9(2-4-11)7-10-5-6-15-12(14)8-10/h1,5-6,8,11H,2-4,7,13H2,(H2,14,15). The number of hydrogen-bond donors (Lipinski definition) is 2. The Labute approximate surface area is 90.2 Å². The Hall–Kier alpha value is -1.35. The van der Waals surface area contributed by atoms with E-state index >= 15 is 0 Å². The van der Waals surface area contributed by atoms with E-state index in [9.17, 15) is 0 Å². The van der Waals surface area contributed by atoms with Crippen LogP contribution in [0.5, 0.6) is 0 Å². The largest absolute Gasteiger partial charge is 0.384 e. The highest BCUT2D eigenvalue weighted by Gasteiger charge is 2.10. The molecule has 3 heteroatoms. The molecular weight excluding hydrogens is 186 g/mol. The molecule has 2 rings (SSSR count). The van der Waals surface area contributed by atoms with E-state index in [1.165, 1.54) is 11.1 Å². The van der Waals surface area contributed by atoms with Gasteiger partial charge in [0.15, 0.2) is 0 Å². The summed E-state index contributed by atoms with van der Waals surface area (Å²) < 4.78 is 0. The van der Waals surface area contributed by atoms with Crippen molar-refractivity contribution in [3.8, 4) is 0 Å². The molecule has 0 radical (unpaired) electrons. The summed E-state index contributed by atoms with van der Waals surface area (Å²) in [5, 5.41) is 0. The van der Waals surface area contributed by atoms with Gasteiger partial charge in [-0.1, -0.05) is 11.6 Å². The molecule has 1 aromatic rings. The van der Waals surface area contributed by atoms with Gasteiger partial charge in [0.1, 0.15) is 5.82 Å². The Morgan fingerprint density at radius 1 is 1.47 bits per heavy atom. The number of allylic oxidation sites excluding steroid dienone is 1. The SMILES string of the molecule is Nc1cc(CC2=CCC(N)CC2)ccn1. The number of nitrogen functional groups attached to an aromatic ring is 1. The van der Waals surface area contributed by atoms with Crippen LogP contribution in [0.4, 0.5) is 5.82 Å². The fraction of sp³-hybridized carbons (Fsp3) is 0.417. The fourth-order valence-electron chi connectivity index (χ4n) is 1.94. The molecule has 0 aliphatic heterocycles. The first-order valence-corrected chi connectivity index (χ1v) is 5.38. The van der Waals surface area contributed by atoms with Crippen molar-refractivity contribution < 1.29 is 0 Å². The van der Waals surface area contributed by atoms with E-state index in [1.54, 1.807) is 6.20 Å². The van der Waals surface area contributed by atoms with Crippen molar-refractivity contribution in [2.75, 3.05) is 5.73 Å². The van der Waals surface area contributed by atoms with Crippen LogP contribution in [0.1, 0.15) is 24.8 Å². The minimum absolute atomic E-state index is 0.358. The first-order valence-electron chi connectivity index (χ1n) is 5.38. The zero-order valence-electron chi connectivity index (χ0n) is 8.82. The maximum Gasteiger partial charge on any atom is 0.123 e. The van der Waals surface area contributed by atoms with Gasteiger partial charge in [0, 0.05) is 12.2 Å². The molecular formula is C12H17N3. The van der Waals surface area contributed by atoms with Gasteiger partial charge in [-0.3, -0.25) is 0 Å². The van der Waals surface area contributed by atoms with E-state index in [4.69, 9.17) is 11.5 Å². The molecule has 0 aromatic carbocycles. The van der Waals surface area contributed by atoms with Crippen LogP contribution in [0.25, 0.3) is 0 Å². The lowest BCUT2D eigenvalue weighted by atomic mass is 9.92. The number of nitrogens with zero attached hydrogens (tertiary/aromatic N) is 1. The van der Waals surface area contributed by atoms with Gasteiger partial charge >= 0.3 is 0 Å². The van der Waals surface area contributed by atoms with E-state index in [0.29, 0.717) is 11.9 Å². The Kier molecular flexibility index (Phi) is 3.02. The van der Waals surface area contributed by atoms with Crippen molar-refractivity contribution in [1.82, 2.24) is 4.98 Å². The fourth-order valence-corrected chi connectivity index (χ4v) is 1.94. The van der Waals surface area contributed by atoms with Crippen LogP contribution >= 0.6 is 0 Å². The van der Waals surface area contributed by atoms with E-state index in [1.807, 2.05) is 12.1 Å². The summed E-state index contributed by atoms with van der Waals surface area (Å²) >= 11 is 0. The monoisotopic (exact) mass is 203 g/mol. The number of rotatable bonds is 2. The predicted molar refractivity (Wildman–Crippen MR) is 62.3 cm³/mol. The highest BCUT2D eigenvalue weighted by molar-refractivity contribution is 5.34. The lowest BCUT2D eigenvalue weighted by Crippen LogP contribution is -2.22. The van der Waals surface area contributed by atoms with Crippen molar-refractivity contribution in [3.05, 3.63) is 35.5 Å². The van der Waals surface area contributed by atoms with E-state index in [2.05, 4.69) is 11.1 Å². The second-order valence-electron chi connectivity index (χ2n) is 4.16. The topological polar surface area (TPSA) is 64.9 Å². The predicted octanol–water partition coefficient (Wildman–Crippen LogP) is 1.64. The summed E-state index contributed by atoms with van der Waals surface area (Å²) in [5.41, 5.74) is 14.2. The van der Waals surface area contributed by atoms with Crippen LogP contribution < -0.4 is 11.5 Å². The molecule has 1 aliphatic carbocycles. The van der Waals surface area contributed by atoms with Gasteiger partial charge in [-0.05, 0) is 43.4 Å². The maximum absolute atomic E-state index is 5.84. The van der Waals surface area contributed by atoms with Crippen LogP contribution in [-0.4, -0.2) is 11.0 Å². The summed E-state index contributed by atoms with van der Waals surface area (Å²) in [4.78, 5) is 3.98. The van der Waals surface area contributed by atoms with Gasteiger partial charge in [0.25, 0.3) is 0 Å². The Morgan fingerprint density at radius 2 is 2.33 bits per heavy atom. The van der Waals surface area contributed by atoms with Crippen LogP contribution in [0.3, 0.4) is 0 Å². The molecule has 1 atom stereocenters. The third kappa shape index (κ3) is 2.80. The maximum atomic E-state index is 5.84. The van der Waals surface area contributed by atoms with Gasteiger partial charge in [-0.25, -0.2) is 4.98 Å². The van der Waals surface area contributed by atoms with Crippen LogP contribution in [0.2, 0.25) is 0 Å².